The van der Waals surface area contributed by atoms with Gasteiger partial charge in [0.2, 0.25) is 5.91 Å². The Morgan fingerprint density at radius 2 is 1.82 bits per heavy atom. The molecular weight excluding hydrogens is 473 g/mol. The van der Waals surface area contributed by atoms with Gasteiger partial charge >= 0.3 is 12.1 Å². The first-order valence-electron chi connectivity index (χ1n) is 10.2. The quantitative estimate of drug-likeness (QED) is 0.508. The number of hydrogen-bond donors (Lipinski definition) is 1. The Morgan fingerprint density at radius 1 is 1.09 bits per heavy atom. The molecule has 1 atom stereocenters. The molecule has 0 bridgehead atoms. The largest absolute Gasteiger partial charge is 0.455 e. The molecule has 2 amide bonds. The molecule has 1 heterocycles. The molecule has 176 valence electrons. The highest BCUT2D eigenvalue weighted by Gasteiger charge is 2.37. The Morgan fingerprint density at radius 3 is 2.59 bits per heavy atom. The van der Waals surface area contributed by atoms with Gasteiger partial charge in [-0.1, -0.05) is 48.0 Å². The van der Waals surface area contributed by atoms with Crippen LogP contribution >= 0.6 is 11.6 Å². The summed E-state index contributed by atoms with van der Waals surface area (Å²) in [5, 5.41) is 3.92. The van der Waals surface area contributed by atoms with E-state index >= 15 is 0 Å². The summed E-state index contributed by atoms with van der Waals surface area (Å²) in [7, 11) is 0. The molecule has 0 aliphatic carbocycles. The summed E-state index contributed by atoms with van der Waals surface area (Å²) in [6.45, 7) is -0.642. The second-order valence-electron chi connectivity index (χ2n) is 7.75. The SMILES string of the molecule is O=C(COC(=O)[C@@H]1CC(=O)N(c2cccc3ccccc23)C1)Nc1cc(C(F)(F)F)ccc1Cl. The predicted octanol–water partition coefficient (Wildman–Crippen LogP) is 5.05. The summed E-state index contributed by atoms with van der Waals surface area (Å²) in [6.07, 6.45) is -4.69. The number of halogens is 4. The second kappa shape index (κ2) is 9.34. The van der Waals surface area contributed by atoms with Crippen LogP contribution in [-0.4, -0.2) is 30.9 Å². The molecule has 0 unspecified atom stereocenters. The highest BCUT2D eigenvalue weighted by atomic mass is 35.5. The monoisotopic (exact) mass is 490 g/mol. The standard InChI is InChI=1S/C24H18ClF3N2O4/c25-18-9-8-16(24(26,27)28)11-19(18)29-21(31)13-34-23(33)15-10-22(32)30(12-15)20-7-3-5-14-4-1-2-6-17(14)20/h1-9,11,15H,10,12-13H2,(H,29,31)/t15-/m1/s1. The molecule has 0 radical (unpaired) electrons. The number of carbonyl (C=O) groups excluding carboxylic acids is 3. The van der Waals surface area contributed by atoms with Crippen molar-refractivity contribution in [2.75, 3.05) is 23.4 Å². The van der Waals surface area contributed by atoms with E-state index in [9.17, 15) is 27.6 Å². The highest BCUT2D eigenvalue weighted by molar-refractivity contribution is 6.33. The lowest BCUT2D eigenvalue weighted by atomic mass is 10.1. The van der Waals surface area contributed by atoms with Crippen LogP contribution in [0.1, 0.15) is 12.0 Å². The summed E-state index contributed by atoms with van der Waals surface area (Å²) in [5.41, 5.74) is -0.562. The summed E-state index contributed by atoms with van der Waals surface area (Å²) in [5.74, 6) is -2.64. The average Bonchev–Trinajstić information content (AvgIpc) is 3.19. The van der Waals surface area contributed by atoms with E-state index < -0.39 is 36.1 Å². The van der Waals surface area contributed by atoms with E-state index in [0.717, 1.165) is 22.9 Å². The third-order valence-electron chi connectivity index (χ3n) is 5.43. The minimum absolute atomic E-state index is 0.0802. The van der Waals surface area contributed by atoms with Gasteiger partial charge in [-0.2, -0.15) is 13.2 Å². The maximum absolute atomic E-state index is 12.9. The Hall–Kier alpha value is -3.59. The zero-order valence-corrected chi connectivity index (χ0v) is 18.3. The van der Waals surface area contributed by atoms with Gasteiger partial charge in [-0.25, -0.2) is 0 Å². The van der Waals surface area contributed by atoms with Crippen molar-refractivity contribution in [3.05, 3.63) is 71.2 Å². The molecule has 1 aliphatic rings. The van der Waals surface area contributed by atoms with Gasteiger partial charge in [-0.05, 0) is 29.7 Å². The maximum Gasteiger partial charge on any atom is 0.416 e. The summed E-state index contributed by atoms with van der Waals surface area (Å²) in [4.78, 5) is 38.7. The van der Waals surface area contributed by atoms with Crippen LogP contribution in [-0.2, 0) is 25.3 Å². The lowest BCUT2D eigenvalue weighted by Gasteiger charge is -2.19. The number of carbonyl (C=O) groups is 3. The van der Waals surface area contributed by atoms with Crippen LogP contribution in [0.15, 0.2) is 60.7 Å². The Labute approximate surface area is 197 Å². The Kier molecular flexibility index (Phi) is 6.47. The number of amides is 2. The van der Waals surface area contributed by atoms with Crippen molar-refractivity contribution in [2.24, 2.45) is 5.92 Å². The zero-order chi connectivity index (χ0) is 24.5. The molecule has 6 nitrogen and oxygen atoms in total. The summed E-state index contributed by atoms with van der Waals surface area (Å²) in [6, 6.07) is 15.6. The van der Waals surface area contributed by atoms with Crippen molar-refractivity contribution in [1.29, 1.82) is 0 Å². The number of nitrogens with one attached hydrogen (secondary N) is 1. The van der Waals surface area contributed by atoms with E-state index in [0.29, 0.717) is 11.8 Å². The van der Waals surface area contributed by atoms with Crippen molar-refractivity contribution < 1.29 is 32.3 Å². The Balaban J connectivity index is 1.38. The number of rotatable bonds is 5. The third kappa shape index (κ3) is 4.99. The van der Waals surface area contributed by atoms with Crippen LogP contribution in [0.3, 0.4) is 0 Å². The molecule has 0 spiro atoms. The molecule has 1 saturated heterocycles. The van der Waals surface area contributed by atoms with Gasteiger partial charge in [0.1, 0.15) is 0 Å². The van der Waals surface area contributed by atoms with E-state index in [-0.39, 0.29) is 29.6 Å². The van der Waals surface area contributed by atoms with Crippen LogP contribution in [0.25, 0.3) is 10.8 Å². The summed E-state index contributed by atoms with van der Waals surface area (Å²) < 4.78 is 43.7. The fraction of sp³-hybridized carbons (Fsp3) is 0.208. The topological polar surface area (TPSA) is 75.7 Å². The number of nitrogens with zero attached hydrogens (tertiary/aromatic N) is 1. The Bertz CT molecular complexity index is 1270. The first kappa shape index (κ1) is 23.6. The lowest BCUT2D eigenvalue weighted by molar-refractivity contribution is -0.151. The molecule has 3 aromatic carbocycles. The fourth-order valence-electron chi connectivity index (χ4n) is 3.78. The van der Waals surface area contributed by atoms with Crippen LogP contribution in [0.2, 0.25) is 5.02 Å². The van der Waals surface area contributed by atoms with Crippen molar-refractivity contribution in [1.82, 2.24) is 0 Å². The predicted molar refractivity (Wildman–Crippen MR) is 120 cm³/mol. The minimum atomic E-state index is -4.61. The molecule has 1 aliphatic heterocycles. The van der Waals surface area contributed by atoms with E-state index in [1.807, 2.05) is 36.4 Å². The number of anilines is 2. The van der Waals surface area contributed by atoms with Gasteiger partial charge in [0.25, 0.3) is 5.91 Å². The van der Waals surface area contributed by atoms with E-state index in [4.69, 9.17) is 16.3 Å². The lowest BCUT2D eigenvalue weighted by Crippen LogP contribution is -2.28. The molecule has 34 heavy (non-hydrogen) atoms. The highest BCUT2D eigenvalue weighted by Crippen LogP contribution is 2.34. The second-order valence-corrected chi connectivity index (χ2v) is 8.16. The van der Waals surface area contributed by atoms with Gasteiger partial charge in [0.05, 0.1) is 27.9 Å². The van der Waals surface area contributed by atoms with Crippen molar-refractivity contribution in [3.63, 3.8) is 0 Å². The molecule has 1 N–H and O–H groups in total. The normalized spacial score (nSPS) is 16.1. The molecule has 1 fully saturated rings. The maximum atomic E-state index is 12.9. The first-order valence-corrected chi connectivity index (χ1v) is 10.6. The van der Waals surface area contributed by atoms with Crippen molar-refractivity contribution >= 4 is 51.5 Å². The zero-order valence-electron chi connectivity index (χ0n) is 17.6. The van der Waals surface area contributed by atoms with Gasteiger partial charge < -0.3 is 15.0 Å². The van der Waals surface area contributed by atoms with Crippen molar-refractivity contribution in [3.8, 4) is 0 Å². The molecular formula is C24H18ClF3N2O4. The average molecular weight is 491 g/mol. The smallest absolute Gasteiger partial charge is 0.416 e. The molecule has 3 aromatic rings. The van der Waals surface area contributed by atoms with Gasteiger partial charge in [0, 0.05) is 18.4 Å². The minimum Gasteiger partial charge on any atom is -0.455 e. The van der Waals surface area contributed by atoms with Gasteiger partial charge in [-0.3, -0.25) is 14.4 Å². The number of ether oxygens (including phenoxy) is 1. The molecule has 4 rings (SSSR count). The van der Waals surface area contributed by atoms with E-state index in [1.54, 1.807) is 6.07 Å². The van der Waals surface area contributed by atoms with E-state index in [1.165, 1.54) is 4.90 Å². The number of benzene rings is 3. The summed E-state index contributed by atoms with van der Waals surface area (Å²) >= 11 is 5.86. The first-order chi connectivity index (χ1) is 16.1. The molecule has 0 aromatic heterocycles. The third-order valence-corrected chi connectivity index (χ3v) is 5.76. The number of alkyl halides is 3. The number of hydrogen-bond acceptors (Lipinski definition) is 4. The van der Waals surface area contributed by atoms with Crippen molar-refractivity contribution in [2.45, 2.75) is 12.6 Å². The molecule has 0 saturated carbocycles. The van der Waals surface area contributed by atoms with Crippen LogP contribution in [0.4, 0.5) is 24.5 Å². The fourth-order valence-corrected chi connectivity index (χ4v) is 3.94. The molecule has 10 heteroatoms. The van der Waals surface area contributed by atoms with E-state index in [2.05, 4.69) is 5.32 Å². The van der Waals surface area contributed by atoms with Gasteiger partial charge in [0.15, 0.2) is 6.61 Å². The van der Waals surface area contributed by atoms with Crippen LogP contribution in [0, 0.1) is 5.92 Å². The van der Waals surface area contributed by atoms with Gasteiger partial charge in [-0.15, -0.1) is 0 Å². The van der Waals surface area contributed by atoms with Crippen LogP contribution in [0.5, 0.6) is 0 Å². The number of fused-ring (bicyclic) bond motifs is 1. The van der Waals surface area contributed by atoms with Crippen LogP contribution < -0.4 is 10.2 Å². The number of esters is 1.